The van der Waals surface area contributed by atoms with Crippen LogP contribution in [0, 0.1) is 11.3 Å². The van der Waals surface area contributed by atoms with E-state index in [-0.39, 0.29) is 5.91 Å². The molecule has 1 N–H and O–H groups in total. The smallest absolute Gasteiger partial charge is 0.236 e. The maximum absolute atomic E-state index is 12.1. The summed E-state index contributed by atoms with van der Waals surface area (Å²) >= 11 is 0. The van der Waals surface area contributed by atoms with Crippen LogP contribution in [0.4, 0.5) is 0 Å². The fourth-order valence-electron chi connectivity index (χ4n) is 2.36. The summed E-state index contributed by atoms with van der Waals surface area (Å²) in [6, 6.07) is 9.70. The van der Waals surface area contributed by atoms with Gasteiger partial charge in [0.1, 0.15) is 0 Å². The zero-order valence-corrected chi connectivity index (χ0v) is 11.8. The SMILES string of the molecule is CN(CC(=O)N1CCNCC1)Cc1ccccc1C#N. The van der Waals surface area contributed by atoms with Crippen LogP contribution in [-0.2, 0) is 11.3 Å². The van der Waals surface area contributed by atoms with Crippen LogP contribution in [0.25, 0.3) is 0 Å². The van der Waals surface area contributed by atoms with Gasteiger partial charge >= 0.3 is 0 Å². The Morgan fingerprint density at radius 1 is 1.40 bits per heavy atom. The van der Waals surface area contributed by atoms with Gasteiger partial charge in [0, 0.05) is 32.7 Å². The summed E-state index contributed by atoms with van der Waals surface area (Å²) in [7, 11) is 1.91. The van der Waals surface area contributed by atoms with E-state index in [4.69, 9.17) is 5.26 Å². The molecule has 1 aromatic carbocycles. The van der Waals surface area contributed by atoms with E-state index < -0.39 is 0 Å². The fourth-order valence-corrected chi connectivity index (χ4v) is 2.36. The number of nitrogens with one attached hydrogen (secondary N) is 1. The lowest BCUT2D eigenvalue weighted by Crippen LogP contribution is -2.49. The number of nitriles is 1. The monoisotopic (exact) mass is 272 g/mol. The standard InChI is InChI=1S/C15H20N4O/c1-18(11-14-5-3-2-4-13(14)10-16)12-15(20)19-8-6-17-7-9-19/h2-5,17H,6-9,11-12H2,1H3. The van der Waals surface area contributed by atoms with Gasteiger partial charge in [-0.1, -0.05) is 18.2 Å². The van der Waals surface area contributed by atoms with Gasteiger partial charge in [-0.3, -0.25) is 9.69 Å². The maximum Gasteiger partial charge on any atom is 0.236 e. The lowest BCUT2D eigenvalue weighted by Gasteiger charge is -2.29. The van der Waals surface area contributed by atoms with E-state index in [1.807, 2.05) is 35.0 Å². The predicted molar refractivity (Wildman–Crippen MR) is 76.9 cm³/mol. The summed E-state index contributed by atoms with van der Waals surface area (Å²) in [4.78, 5) is 16.0. The molecule has 1 amide bonds. The van der Waals surface area contributed by atoms with Crippen LogP contribution in [0.2, 0.25) is 0 Å². The van der Waals surface area contributed by atoms with Gasteiger partial charge in [0.2, 0.25) is 5.91 Å². The molecule has 5 nitrogen and oxygen atoms in total. The van der Waals surface area contributed by atoms with Crippen molar-refractivity contribution in [3.63, 3.8) is 0 Å². The molecular formula is C15H20N4O. The van der Waals surface area contributed by atoms with Gasteiger partial charge in [0.05, 0.1) is 18.2 Å². The molecule has 0 unspecified atom stereocenters. The summed E-state index contributed by atoms with van der Waals surface area (Å²) in [5, 5.41) is 12.3. The topological polar surface area (TPSA) is 59.4 Å². The van der Waals surface area contributed by atoms with E-state index in [0.717, 1.165) is 31.7 Å². The Hall–Kier alpha value is -1.90. The highest BCUT2D eigenvalue weighted by molar-refractivity contribution is 5.78. The Labute approximate surface area is 119 Å². The van der Waals surface area contributed by atoms with Crippen molar-refractivity contribution in [1.82, 2.24) is 15.1 Å². The quantitative estimate of drug-likeness (QED) is 0.863. The first-order valence-electron chi connectivity index (χ1n) is 6.86. The number of nitrogens with zero attached hydrogens (tertiary/aromatic N) is 3. The Balaban J connectivity index is 1.90. The second-order valence-electron chi connectivity index (χ2n) is 5.07. The molecule has 0 radical (unpaired) electrons. The van der Waals surface area contributed by atoms with E-state index in [9.17, 15) is 4.79 Å². The van der Waals surface area contributed by atoms with Crippen molar-refractivity contribution in [1.29, 1.82) is 5.26 Å². The van der Waals surface area contributed by atoms with Crippen molar-refractivity contribution in [2.75, 3.05) is 39.8 Å². The lowest BCUT2D eigenvalue weighted by molar-refractivity contribution is -0.132. The van der Waals surface area contributed by atoms with Crippen molar-refractivity contribution in [3.8, 4) is 6.07 Å². The molecule has 0 aromatic heterocycles. The molecule has 1 heterocycles. The number of hydrogen-bond acceptors (Lipinski definition) is 4. The number of rotatable bonds is 4. The van der Waals surface area contributed by atoms with Crippen LogP contribution < -0.4 is 5.32 Å². The molecule has 106 valence electrons. The third-order valence-corrected chi connectivity index (χ3v) is 3.45. The number of carbonyl (C=O) groups excluding carboxylic acids is 1. The minimum atomic E-state index is 0.156. The third-order valence-electron chi connectivity index (χ3n) is 3.45. The number of amides is 1. The van der Waals surface area contributed by atoms with Gasteiger partial charge < -0.3 is 10.2 Å². The molecule has 20 heavy (non-hydrogen) atoms. The zero-order valence-electron chi connectivity index (χ0n) is 11.8. The highest BCUT2D eigenvalue weighted by atomic mass is 16.2. The van der Waals surface area contributed by atoms with E-state index in [0.29, 0.717) is 18.7 Å². The average Bonchev–Trinajstić information content (AvgIpc) is 2.48. The Bertz CT molecular complexity index is 503. The number of piperazine rings is 1. The molecule has 2 rings (SSSR count). The van der Waals surface area contributed by atoms with Crippen molar-refractivity contribution in [2.24, 2.45) is 0 Å². The Morgan fingerprint density at radius 2 is 2.10 bits per heavy atom. The Kier molecular flexibility index (Phi) is 5.10. The van der Waals surface area contributed by atoms with Crippen LogP contribution in [0.15, 0.2) is 24.3 Å². The van der Waals surface area contributed by atoms with E-state index in [2.05, 4.69) is 11.4 Å². The minimum Gasteiger partial charge on any atom is -0.339 e. The van der Waals surface area contributed by atoms with Crippen LogP contribution in [0.3, 0.4) is 0 Å². The first kappa shape index (κ1) is 14.5. The number of likely N-dealkylation sites (N-methyl/N-ethyl adjacent to an activating group) is 1. The average molecular weight is 272 g/mol. The number of hydrogen-bond donors (Lipinski definition) is 1. The molecule has 0 bridgehead atoms. The highest BCUT2D eigenvalue weighted by Gasteiger charge is 2.17. The summed E-state index contributed by atoms with van der Waals surface area (Å²) in [6.45, 7) is 4.30. The molecule has 0 saturated carbocycles. The molecule has 1 aliphatic rings. The van der Waals surface area contributed by atoms with Gasteiger partial charge in [0.25, 0.3) is 0 Å². The second-order valence-corrected chi connectivity index (χ2v) is 5.07. The number of carbonyl (C=O) groups is 1. The largest absolute Gasteiger partial charge is 0.339 e. The normalized spacial score (nSPS) is 15.2. The molecule has 1 aliphatic heterocycles. The van der Waals surface area contributed by atoms with Crippen LogP contribution in [0.5, 0.6) is 0 Å². The minimum absolute atomic E-state index is 0.156. The van der Waals surface area contributed by atoms with Crippen LogP contribution in [-0.4, -0.2) is 55.5 Å². The second kappa shape index (κ2) is 7.04. The van der Waals surface area contributed by atoms with Crippen molar-refractivity contribution < 1.29 is 4.79 Å². The zero-order chi connectivity index (χ0) is 14.4. The highest BCUT2D eigenvalue weighted by Crippen LogP contribution is 2.10. The molecule has 0 atom stereocenters. The Morgan fingerprint density at radius 3 is 2.80 bits per heavy atom. The molecule has 1 saturated heterocycles. The van der Waals surface area contributed by atoms with Crippen molar-refractivity contribution >= 4 is 5.91 Å². The van der Waals surface area contributed by atoms with E-state index in [1.165, 1.54) is 0 Å². The first-order chi connectivity index (χ1) is 9.70. The molecule has 1 fully saturated rings. The van der Waals surface area contributed by atoms with Crippen molar-refractivity contribution in [3.05, 3.63) is 35.4 Å². The van der Waals surface area contributed by atoms with Crippen molar-refractivity contribution in [2.45, 2.75) is 6.54 Å². The summed E-state index contributed by atoms with van der Waals surface area (Å²) < 4.78 is 0. The van der Waals surface area contributed by atoms with Gasteiger partial charge in [-0.05, 0) is 18.7 Å². The van der Waals surface area contributed by atoms with Gasteiger partial charge in [-0.25, -0.2) is 0 Å². The van der Waals surface area contributed by atoms with Gasteiger partial charge in [-0.2, -0.15) is 5.26 Å². The lowest BCUT2D eigenvalue weighted by atomic mass is 10.1. The first-order valence-corrected chi connectivity index (χ1v) is 6.86. The fraction of sp³-hybridized carbons (Fsp3) is 0.467. The maximum atomic E-state index is 12.1. The summed E-state index contributed by atoms with van der Waals surface area (Å²) in [5.41, 5.74) is 1.64. The number of benzene rings is 1. The third kappa shape index (κ3) is 3.80. The van der Waals surface area contributed by atoms with E-state index in [1.54, 1.807) is 6.07 Å². The van der Waals surface area contributed by atoms with Crippen LogP contribution >= 0.6 is 0 Å². The molecular weight excluding hydrogens is 252 g/mol. The molecule has 1 aromatic rings. The van der Waals surface area contributed by atoms with Crippen LogP contribution in [0.1, 0.15) is 11.1 Å². The summed E-state index contributed by atoms with van der Waals surface area (Å²) in [5.74, 6) is 0.156. The van der Waals surface area contributed by atoms with Gasteiger partial charge in [-0.15, -0.1) is 0 Å². The predicted octanol–water partition coefficient (Wildman–Crippen LogP) is 0.422. The van der Waals surface area contributed by atoms with E-state index >= 15 is 0 Å². The van der Waals surface area contributed by atoms with Gasteiger partial charge in [0.15, 0.2) is 0 Å². The molecule has 0 spiro atoms. The molecule has 0 aliphatic carbocycles. The summed E-state index contributed by atoms with van der Waals surface area (Å²) in [6.07, 6.45) is 0. The molecule has 5 heteroatoms.